The molecule has 5 nitrogen and oxygen atoms in total. The number of nitrogens with zero attached hydrogens (tertiary/aromatic N) is 3. The number of hydrogen-bond donors (Lipinski definition) is 1. The minimum atomic E-state index is 0.407. The molecule has 0 aliphatic carbocycles. The van der Waals surface area contributed by atoms with E-state index < -0.39 is 0 Å². The lowest BCUT2D eigenvalue weighted by molar-refractivity contribution is 0.520. The van der Waals surface area contributed by atoms with E-state index in [1.807, 2.05) is 18.2 Å². The molecule has 0 radical (unpaired) electrons. The summed E-state index contributed by atoms with van der Waals surface area (Å²) < 4.78 is 7.07. The molecule has 0 saturated carbocycles. The Labute approximate surface area is 121 Å². The molecule has 0 fully saturated rings. The number of furan rings is 1. The van der Waals surface area contributed by atoms with Crippen molar-refractivity contribution in [3.05, 3.63) is 65.6 Å². The third-order valence-corrected chi connectivity index (χ3v) is 3.06. The monoisotopic (exact) mass is 288 g/mol. The number of nitrogens with one attached hydrogen (secondary N) is 1. The van der Waals surface area contributed by atoms with Gasteiger partial charge in [0.2, 0.25) is 0 Å². The van der Waals surface area contributed by atoms with E-state index in [0.29, 0.717) is 18.3 Å². The van der Waals surface area contributed by atoms with Gasteiger partial charge in [0, 0.05) is 5.69 Å². The van der Waals surface area contributed by atoms with Gasteiger partial charge in [-0.3, -0.25) is 0 Å². The first-order valence-corrected chi connectivity index (χ1v) is 6.57. The quantitative estimate of drug-likeness (QED) is 0.783. The standard InChI is InChI=1S/C14H13ClN4O/c15-14-6-5-13(20-14)7-17-12-3-1-11(2-4-12)8-19-10-16-9-18-19/h1-6,9-10,17H,7-8H2. The molecule has 0 saturated heterocycles. The highest BCUT2D eigenvalue weighted by molar-refractivity contribution is 6.28. The van der Waals surface area contributed by atoms with Crippen molar-refractivity contribution in [2.24, 2.45) is 0 Å². The Balaban J connectivity index is 1.58. The number of anilines is 1. The topological polar surface area (TPSA) is 55.9 Å². The van der Waals surface area contributed by atoms with Crippen LogP contribution in [0.1, 0.15) is 11.3 Å². The number of aromatic nitrogens is 3. The van der Waals surface area contributed by atoms with Crippen LogP contribution in [0, 0.1) is 0 Å². The van der Waals surface area contributed by atoms with Crippen LogP contribution in [0.3, 0.4) is 0 Å². The van der Waals surface area contributed by atoms with Gasteiger partial charge in [-0.15, -0.1) is 0 Å². The Morgan fingerprint density at radius 1 is 1.15 bits per heavy atom. The summed E-state index contributed by atoms with van der Waals surface area (Å²) in [6.07, 6.45) is 3.23. The molecule has 0 aliphatic heterocycles. The molecule has 3 rings (SSSR count). The molecular weight excluding hydrogens is 276 g/mol. The van der Waals surface area contributed by atoms with Gasteiger partial charge in [-0.05, 0) is 41.4 Å². The van der Waals surface area contributed by atoms with Gasteiger partial charge in [-0.25, -0.2) is 9.67 Å². The van der Waals surface area contributed by atoms with Crippen molar-refractivity contribution >= 4 is 17.3 Å². The molecule has 102 valence electrons. The van der Waals surface area contributed by atoms with Crippen LogP contribution in [0.25, 0.3) is 0 Å². The van der Waals surface area contributed by atoms with Crippen molar-refractivity contribution in [2.45, 2.75) is 13.1 Å². The third kappa shape index (κ3) is 3.19. The molecule has 1 aromatic carbocycles. The van der Waals surface area contributed by atoms with Gasteiger partial charge in [0.25, 0.3) is 0 Å². The average molecular weight is 289 g/mol. The highest BCUT2D eigenvalue weighted by atomic mass is 35.5. The Bertz CT molecular complexity index is 661. The maximum atomic E-state index is 5.72. The normalized spacial score (nSPS) is 10.7. The van der Waals surface area contributed by atoms with Crippen LogP contribution in [0.2, 0.25) is 5.22 Å². The summed E-state index contributed by atoms with van der Waals surface area (Å²) in [6, 6.07) is 11.8. The summed E-state index contributed by atoms with van der Waals surface area (Å²) in [6.45, 7) is 1.32. The van der Waals surface area contributed by atoms with Gasteiger partial charge in [-0.1, -0.05) is 12.1 Å². The fraction of sp³-hybridized carbons (Fsp3) is 0.143. The highest BCUT2D eigenvalue weighted by Crippen LogP contribution is 2.16. The van der Waals surface area contributed by atoms with Crippen LogP contribution in [-0.2, 0) is 13.1 Å². The largest absolute Gasteiger partial charge is 0.448 e. The molecule has 1 N–H and O–H groups in total. The molecular formula is C14H13ClN4O. The Morgan fingerprint density at radius 2 is 2.00 bits per heavy atom. The fourth-order valence-corrected chi connectivity index (χ4v) is 2.03. The van der Waals surface area contributed by atoms with Crippen LogP contribution in [0.15, 0.2) is 53.5 Å². The molecule has 0 atom stereocenters. The maximum absolute atomic E-state index is 5.72. The smallest absolute Gasteiger partial charge is 0.193 e. The molecule has 2 aromatic heterocycles. The molecule has 2 heterocycles. The van der Waals surface area contributed by atoms with E-state index in [4.69, 9.17) is 16.0 Å². The first-order chi connectivity index (χ1) is 9.79. The van der Waals surface area contributed by atoms with E-state index in [1.54, 1.807) is 17.1 Å². The average Bonchev–Trinajstić information content (AvgIpc) is 3.10. The first kappa shape index (κ1) is 12.7. The third-order valence-electron chi connectivity index (χ3n) is 2.86. The van der Waals surface area contributed by atoms with Gasteiger partial charge < -0.3 is 9.73 Å². The molecule has 20 heavy (non-hydrogen) atoms. The predicted octanol–water partition coefficient (Wildman–Crippen LogP) is 3.18. The summed E-state index contributed by atoms with van der Waals surface area (Å²) in [5.74, 6) is 0.807. The van der Waals surface area contributed by atoms with Crippen molar-refractivity contribution in [3.8, 4) is 0 Å². The zero-order valence-corrected chi connectivity index (χ0v) is 11.4. The molecule has 0 unspecified atom stereocenters. The number of rotatable bonds is 5. The zero-order valence-electron chi connectivity index (χ0n) is 10.7. The Hall–Kier alpha value is -2.27. The van der Waals surface area contributed by atoms with Crippen LogP contribution in [0.4, 0.5) is 5.69 Å². The molecule has 0 spiro atoms. The van der Waals surface area contributed by atoms with Crippen molar-refractivity contribution in [1.82, 2.24) is 14.8 Å². The van der Waals surface area contributed by atoms with E-state index in [9.17, 15) is 0 Å². The SMILES string of the molecule is Clc1ccc(CNc2ccc(Cn3cncn3)cc2)o1. The number of hydrogen-bond acceptors (Lipinski definition) is 4. The fourth-order valence-electron chi connectivity index (χ4n) is 1.87. The van der Waals surface area contributed by atoms with Crippen LogP contribution in [0.5, 0.6) is 0 Å². The summed E-state index contributed by atoms with van der Waals surface area (Å²) in [4.78, 5) is 3.92. The van der Waals surface area contributed by atoms with Gasteiger partial charge >= 0.3 is 0 Å². The minimum Gasteiger partial charge on any atom is -0.448 e. The molecule has 6 heteroatoms. The van der Waals surface area contributed by atoms with E-state index in [0.717, 1.165) is 11.4 Å². The maximum Gasteiger partial charge on any atom is 0.193 e. The van der Waals surface area contributed by atoms with Crippen molar-refractivity contribution in [2.75, 3.05) is 5.32 Å². The summed E-state index contributed by atoms with van der Waals surface area (Å²) in [5.41, 5.74) is 2.20. The van der Waals surface area contributed by atoms with Crippen molar-refractivity contribution in [1.29, 1.82) is 0 Å². The summed E-state index contributed by atoms with van der Waals surface area (Å²) in [7, 11) is 0. The summed E-state index contributed by atoms with van der Waals surface area (Å²) >= 11 is 5.72. The first-order valence-electron chi connectivity index (χ1n) is 6.19. The van der Waals surface area contributed by atoms with Gasteiger partial charge in [0.05, 0.1) is 13.1 Å². The lowest BCUT2D eigenvalue weighted by Gasteiger charge is -2.06. The summed E-state index contributed by atoms with van der Waals surface area (Å²) in [5, 5.41) is 7.76. The van der Waals surface area contributed by atoms with Crippen LogP contribution >= 0.6 is 11.6 Å². The highest BCUT2D eigenvalue weighted by Gasteiger charge is 2.00. The van der Waals surface area contributed by atoms with Crippen LogP contribution in [-0.4, -0.2) is 14.8 Å². The molecule has 0 aliphatic rings. The number of benzene rings is 1. The van der Waals surface area contributed by atoms with E-state index in [-0.39, 0.29) is 0 Å². The second kappa shape index (κ2) is 5.79. The molecule has 0 bridgehead atoms. The second-order valence-electron chi connectivity index (χ2n) is 4.35. The van der Waals surface area contributed by atoms with E-state index in [1.165, 1.54) is 11.9 Å². The lowest BCUT2D eigenvalue weighted by atomic mass is 10.2. The Morgan fingerprint density at radius 3 is 2.65 bits per heavy atom. The van der Waals surface area contributed by atoms with E-state index >= 15 is 0 Å². The van der Waals surface area contributed by atoms with Gasteiger partial charge in [0.1, 0.15) is 18.4 Å². The van der Waals surface area contributed by atoms with Crippen molar-refractivity contribution < 1.29 is 4.42 Å². The van der Waals surface area contributed by atoms with Gasteiger partial charge in [-0.2, -0.15) is 5.10 Å². The molecule has 3 aromatic rings. The van der Waals surface area contributed by atoms with Crippen molar-refractivity contribution in [3.63, 3.8) is 0 Å². The predicted molar refractivity (Wildman–Crippen MR) is 76.6 cm³/mol. The van der Waals surface area contributed by atoms with Crippen LogP contribution < -0.4 is 5.32 Å². The lowest BCUT2D eigenvalue weighted by Crippen LogP contribution is -2.01. The minimum absolute atomic E-state index is 0.407. The Kier molecular flexibility index (Phi) is 3.69. The van der Waals surface area contributed by atoms with Gasteiger partial charge in [0.15, 0.2) is 5.22 Å². The second-order valence-corrected chi connectivity index (χ2v) is 4.72. The zero-order chi connectivity index (χ0) is 13.8. The molecule has 0 amide bonds. The number of halogens is 1. The van der Waals surface area contributed by atoms with E-state index in [2.05, 4.69) is 27.5 Å².